The van der Waals surface area contributed by atoms with Crippen molar-refractivity contribution in [1.82, 2.24) is 29.9 Å². The van der Waals surface area contributed by atoms with E-state index in [4.69, 9.17) is 43.2 Å². The molecule has 12 aromatic carbocycles. The van der Waals surface area contributed by atoms with Crippen molar-refractivity contribution in [2.24, 2.45) is 0 Å². The number of para-hydroxylation sites is 4. The number of benzene rings is 12. The predicted molar refractivity (Wildman–Crippen MR) is 589 cm³/mol. The molecule has 0 atom stereocenters. The number of phenols is 3. The van der Waals surface area contributed by atoms with Gasteiger partial charge in [-0.2, -0.15) is 0 Å². The van der Waals surface area contributed by atoms with Crippen LogP contribution < -0.4 is 0 Å². The van der Waals surface area contributed by atoms with E-state index in [2.05, 4.69) is 384 Å². The smallest absolute Gasteiger partial charge is 0.230 e. The molecule has 0 saturated heterocycles. The van der Waals surface area contributed by atoms with Gasteiger partial charge in [0.15, 0.2) is 0 Å². The van der Waals surface area contributed by atoms with Gasteiger partial charge >= 0.3 is 0 Å². The minimum atomic E-state index is -0.140. The summed E-state index contributed by atoms with van der Waals surface area (Å²) in [5.41, 5.74) is 35.9. The van der Waals surface area contributed by atoms with Crippen LogP contribution in [0.5, 0.6) is 17.2 Å². The SMILES string of the molecule is CC(C)(C)c1cc(-c2cc(-c3cc(C(C)(C)C)cc(C(C)(C)C)c3)ccn2)[c-]c(-c2cc(C(C)(C)C)cc3oc(-c4ccccc4O)nc23)c1.CC(C)(C)c1cc(-c2cc(-c3cc(C(C)(C)C)cc(C(C)(C)C)c3)ccn2)[c-]c(-c2cccc3oc(-c4ccccc4O)nc23)c1.CC(C)(C)c1cc(-c2ccnc(-c3[c-]c(-c4cc(C(C)(C)C)cc5oc(-c6ccccc6O)nc45)ccc3)c2)cc(C(C)(C)C)c1.[Pt].[Pt].[Pt]. The van der Waals surface area contributed by atoms with Gasteiger partial charge < -0.3 is 28.6 Å². The fraction of sp³-hybridized carbons (Fsp3) is 0.308. The van der Waals surface area contributed by atoms with Gasteiger partial charge in [-0.05, 0) is 205 Å². The molecule has 0 unspecified atom stereocenters. The van der Waals surface area contributed by atoms with Crippen LogP contribution in [0.1, 0.15) is 263 Å². The molecule has 0 amide bonds. The van der Waals surface area contributed by atoms with Gasteiger partial charge in [0, 0.05) is 98.9 Å². The normalized spacial score (nSPS) is 12.4. The third-order valence-electron chi connectivity index (χ3n) is 26.8. The maximum atomic E-state index is 10.6. The van der Waals surface area contributed by atoms with Gasteiger partial charge in [-0.15, -0.1) is 88.5 Å². The summed E-state index contributed by atoms with van der Waals surface area (Å²) in [6.45, 7) is 67.4. The first kappa shape index (κ1) is 110. The van der Waals surface area contributed by atoms with Crippen molar-refractivity contribution in [3.63, 3.8) is 0 Å². The molecule has 0 radical (unpaired) electrons. The third-order valence-corrected chi connectivity index (χ3v) is 26.8. The monoisotopic (exact) mass is 2460 g/mol. The Hall–Kier alpha value is -12.0. The topological polar surface area (TPSA) is 177 Å². The van der Waals surface area contributed by atoms with E-state index in [-0.39, 0.29) is 135 Å². The number of phenolic OH excluding ortho intramolecular Hbond substituents is 3. The molecule has 0 saturated carbocycles. The van der Waals surface area contributed by atoms with Crippen LogP contribution in [-0.4, -0.2) is 45.2 Å². The number of aromatic nitrogens is 6. The maximum absolute atomic E-state index is 10.6. The van der Waals surface area contributed by atoms with E-state index < -0.39 is 0 Å². The molecule has 0 spiro atoms. The van der Waals surface area contributed by atoms with E-state index in [1.165, 1.54) is 61.2 Å². The Morgan fingerprint density at radius 2 is 0.441 bits per heavy atom. The van der Waals surface area contributed by atoms with Crippen LogP contribution in [0.2, 0.25) is 0 Å². The Kier molecular flexibility index (Phi) is 31.7. The third kappa shape index (κ3) is 24.9. The minimum absolute atomic E-state index is 0. The van der Waals surface area contributed by atoms with E-state index in [1.807, 2.05) is 73.2 Å². The van der Waals surface area contributed by atoms with Crippen molar-refractivity contribution < 1.29 is 91.8 Å². The van der Waals surface area contributed by atoms with Crippen LogP contribution in [0, 0.1) is 18.2 Å². The molecule has 12 nitrogen and oxygen atoms in total. The number of nitrogens with zero attached hydrogens (tertiary/aromatic N) is 6. The summed E-state index contributed by atoms with van der Waals surface area (Å²) in [5, 5.41) is 31.6. The van der Waals surface area contributed by atoms with E-state index >= 15 is 0 Å². The summed E-state index contributed by atoms with van der Waals surface area (Å²) < 4.78 is 18.8. The molecule has 6 heterocycles. The quantitative estimate of drug-likeness (QED) is 0.0988. The van der Waals surface area contributed by atoms with Crippen LogP contribution in [0.25, 0.3) is 168 Å². The van der Waals surface area contributed by atoms with E-state index in [9.17, 15) is 15.3 Å². The molecule has 0 aliphatic heterocycles. The molecule has 756 valence electrons. The summed E-state index contributed by atoms with van der Waals surface area (Å²) >= 11 is 0. The molecular weight excluding hydrogens is 2330 g/mol. The summed E-state index contributed by atoms with van der Waals surface area (Å²) in [7, 11) is 0. The van der Waals surface area contributed by atoms with Crippen LogP contribution in [0.3, 0.4) is 0 Å². The van der Waals surface area contributed by atoms with Crippen molar-refractivity contribution in [1.29, 1.82) is 0 Å². The first-order valence-corrected chi connectivity index (χ1v) is 49.6. The van der Waals surface area contributed by atoms with Crippen LogP contribution in [-0.2, 0) is 117 Å². The number of aromatic hydroxyl groups is 3. The molecule has 0 aliphatic carbocycles. The van der Waals surface area contributed by atoms with Crippen molar-refractivity contribution >= 4 is 33.3 Å². The summed E-state index contributed by atoms with van der Waals surface area (Å²) in [4.78, 5) is 29.3. The number of oxazole rings is 3. The van der Waals surface area contributed by atoms with E-state index in [1.54, 1.807) is 36.4 Å². The minimum Gasteiger partial charge on any atom is -0.507 e. The summed E-state index contributed by atoms with van der Waals surface area (Å²) in [6.07, 6.45) is 5.71. The Morgan fingerprint density at radius 1 is 0.200 bits per heavy atom. The second-order valence-corrected chi connectivity index (χ2v) is 48.6. The molecule has 145 heavy (non-hydrogen) atoms. The zero-order valence-electron chi connectivity index (χ0n) is 89.6. The summed E-state index contributed by atoms with van der Waals surface area (Å²) in [6, 6.07) is 95.9. The molecule has 15 heteroatoms. The zero-order chi connectivity index (χ0) is 102. The molecule has 0 fully saturated rings. The van der Waals surface area contributed by atoms with Crippen molar-refractivity contribution in [3.05, 3.63) is 341 Å². The van der Waals surface area contributed by atoms with Gasteiger partial charge in [0.25, 0.3) is 0 Å². The van der Waals surface area contributed by atoms with Crippen LogP contribution in [0.15, 0.2) is 281 Å². The van der Waals surface area contributed by atoms with E-state index in [0.717, 1.165) is 112 Å². The predicted octanol–water partition coefficient (Wildman–Crippen LogP) is 35.2. The molecule has 0 aliphatic rings. The standard InChI is InChI=1S/C46H51N2O2.2C42H43N2O2.3Pt/c1-43(2,3)32-22-30(37-26-35(46(10,11)12)27-40-41(37)48-42(50-40)36-15-13-14-16-39(36)49)19-31(23-32)38-24-28(17-18-47-38)29-20-33(44(4,5)6)25-34(21-29)45(7,8)9;1-40(2,3)30-20-29(21-31(23-30)41(4,5)6)26-17-18-43-35(22-26)28-14-12-13-27(19-28)34-24-32(42(7,8)9)25-37-38(34)44-39(46-37)33-15-10-11-16-36(33)45;1-40(2,3)30-22-28(33-14-12-16-37-38(33)44-39(46-37)34-13-10-11-15-36(34)45)19-29(23-30)35-24-26(17-18-43-35)27-20-31(41(4,5)6)25-32(21-27)42(7,8)9;;;/h13-18,20-27,49H,1-12H3;2*10-18,20-25,45H,1-9H3;;;/q3*-1;;;. The van der Waals surface area contributed by atoms with Gasteiger partial charge in [0.05, 0.1) is 33.2 Å². The average Bonchev–Trinajstić information content (AvgIpc) is 1.67. The van der Waals surface area contributed by atoms with Crippen molar-refractivity contribution in [2.45, 2.75) is 262 Å². The van der Waals surface area contributed by atoms with Crippen molar-refractivity contribution in [2.75, 3.05) is 0 Å². The van der Waals surface area contributed by atoms with Gasteiger partial charge in [-0.3, -0.25) is 15.0 Å². The van der Waals surface area contributed by atoms with Crippen molar-refractivity contribution in [3.8, 4) is 152 Å². The molecule has 0 bridgehead atoms. The fourth-order valence-corrected chi connectivity index (χ4v) is 17.4. The molecule has 3 N–H and O–H groups in total. The Balaban J connectivity index is 0.000000180. The fourth-order valence-electron chi connectivity index (χ4n) is 17.4. The van der Waals surface area contributed by atoms with Gasteiger partial charge in [-0.1, -0.05) is 375 Å². The van der Waals surface area contributed by atoms with Gasteiger partial charge in [-0.25, -0.2) is 15.0 Å². The molecule has 6 aromatic heterocycles. The number of pyridine rings is 3. The summed E-state index contributed by atoms with van der Waals surface area (Å²) in [5.74, 6) is 1.56. The second kappa shape index (κ2) is 41.7. The molecule has 18 rings (SSSR count). The second-order valence-electron chi connectivity index (χ2n) is 48.6. The first-order chi connectivity index (χ1) is 66.3. The van der Waals surface area contributed by atoms with Crippen LogP contribution in [0.4, 0.5) is 0 Å². The van der Waals surface area contributed by atoms with E-state index in [0.29, 0.717) is 51.1 Å². The average molecular weight is 2460 g/mol. The largest absolute Gasteiger partial charge is 0.507 e. The Bertz CT molecular complexity index is 7710. The van der Waals surface area contributed by atoms with Gasteiger partial charge in [0.2, 0.25) is 17.7 Å². The first-order valence-electron chi connectivity index (χ1n) is 49.6. The Labute approximate surface area is 902 Å². The maximum Gasteiger partial charge on any atom is 0.230 e. The molecule has 18 aromatic rings. The van der Waals surface area contributed by atoms with Crippen LogP contribution >= 0.6 is 0 Å². The number of hydrogen-bond acceptors (Lipinski definition) is 12. The number of hydrogen-bond donors (Lipinski definition) is 3. The zero-order valence-corrected chi connectivity index (χ0v) is 96.4. The number of fused-ring (bicyclic) bond motifs is 3. The van der Waals surface area contributed by atoms with Gasteiger partial charge in [0.1, 0.15) is 34.0 Å². The number of rotatable bonds is 12. The Morgan fingerprint density at radius 3 is 0.759 bits per heavy atom. The molecular formula is C130H137N6O6Pt3-3.